The Labute approximate surface area is 220 Å². The molecule has 10 heteroatoms. The maximum Gasteiger partial charge on any atom is 0.332 e. The Bertz CT molecular complexity index is 1110. The average molecular weight is 533 g/mol. The van der Waals surface area contributed by atoms with E-state index in [1.54, 1.807) is 13.8 Å². The molecule has 0 fully saturated rings. The van der Waals surface area contributed by atoms with Crippen LogP contribution in [0.2, 0.25) is 10.0 Å². The Morgan fingerprint density at radius 2 is 1.22 bits per heavy atom. The molecule has 0 aromatic heterocycles. The lowest BCUT2D eigenvalue weighted by Crippen LogP contribution is -2.51. The molecule has 36 heavy (non-hydrogen) atoms. The zero-order valence-electron chi connectivity index (χ0n) is 20.3. The number of carbonyl (C=O) groups excluding carboxylic acids is 2. The molecule has 2 aliphatic heterocycles. The summed E-state index contributed by atoms with van der Waals surface area (Å²) in [5.41, 5.74) is 13.9. The van der Waals surface area contributed by atoms with Crippen LogP contribution in [0.4, 0.5) is 11.4 Å². The molecule has 2 heterocycles. The summed E-state index contributed by atoms with van der Waals surface area (Å²) in [7, 11) is 0. The average Bonchev–Trinajstić information content (AvgIpc) is 3.37. The molecule has 0 bridgehead atoms. The second kappa shape index (κ2) is 10.3. The molecule has 4 N–H and O–H groups in total. The first-order valence-corrected chi connectivity index (χ1v) is 12.5. The first kappa shape index (κ1) is 26.3. The van der Waals surface area contributed by atoms with Crippen LogP contribution in [-0.2, 0) is 31.9 Å². The van der Waals surface area contributed by atoms with Gasteiger partial charge in [0.15, 0.2) is 11.4 Å². The lowest BCUT2D eigenvalue weighted by molar-refractivity contribution is -0.153. The second-order valence-electron chi connectivity index (χ2n) is 9.62. The van der Waals surface area contributed by atoms with Crippen molar-refractivity contribution in [2.24, 2.45) is 11.5 Å². The predicted octanol–water partition coefficient (Wildman–Crippen LogP) is 3.41. The van der Waals surface area contributed by atoms with Gasteiger partial charge < -0.3 is 19.3 Å². The summed E-state index contributed by atoms with van der Waals surface area (Å²) in [4.78, 5) is 28.8. The van der Waals surface area contributed by atoms with Gasteiger partial charge in [-0.15, -0.1) is 0 Å². The first-order valence-electron chi connectivity index (χ1n) is 11.7. The van der Waals surface area contributed by atoms with E-state index in [9.17, 15) is 9.59 Å². The molecule has 192 valence electrons. The molecule has 2 atom stereocenters. The van der Waals surface area contributed by atoms with Crippen LogP contribution in [-0.4, -0.2) is 49.6 Å². The van der Waals surface area contributed by atoms with Gasteiger partial charge in [0.2, 0.25) is 0 Å². The number of fused-ring (bicyclic) bond motifs is 2. The molecule has 0 aliphatic carbocycles. The van der Waals surface area contributed by atoms with E-state index in [4.69, 9.17) is 44.1 Å². The van der Waals surface area contributed by atoms with Crippen LogP contribution in [0.3, 0.4) is 0 Å². The zero-order valence-corrected chi connectivity index (χ0v) is 21.8. The van der Waals surface area contributed by atoms with Gasteiger partial charge in [-0.1, -0.05) is 35.3 Å². The first-order chi connectivity index (χ1) is 16.9. The number of esters is 2. The summed E-state index contributed by atoms with van der Waals surface area (Å²) in [5.74, 6) is -1.52. The molecule has 2 aromatic rings. The molecule has 2 unspecified atom stereocenters. The van der Waals surface area contributed by atoms with Crippen LogP contribution in [0.5, 0.6) is 0 Å². The minimum absolute atomic E-state index is 0.270. The number of hydrogen-bond acceptors (Lipinski definition) is 8. The molecule has 2 aromatic carbocycles. The lowest BCUT2D eigenvalue weighted by atomic mass is 10.1. The number of ether oxygens (including phenoxy) is 2. The fourth-order valence-electron chi connectivity index (χ4n) is 4.73. The number of carbonyl (C=O) groups is 2. The van der Waals surface area contributed by atoms with Gasteiger partial charge in [-0.2, -0.15) is 0 Å². The molecule has 0 radical (unpaired) electrons. The maximum atomic E-state index is 12.4. The summed E-state index contributed by atoms with van der Waals surface area (Å²) in [6, 6.07) is 11.4. The number of rotatable bonds is 8. The molecule has 0 saturated heterocycles. The van der Waals surface area contributed by atoms with Crippen LogP contribution >= 0.6 is 23.2 Å². The van der Waals surface area contributed by atoms with Crippen molar-refractivity contribution in [2.75, 3.05) is 36.0 Å². The Hall–Kier alpha value is -2.78. The van der Waals surface area contributed by atoms with Gasteiger partial charge in [-0.05, 0) is 62.1 Å². The molecule has 0 spiro atoms. The Morgan fingerprint density at radius 3 is 1.61 bits per heavy atom. The molecular formula is C26H30Cl2N4O4. The van der Waals surface area contributed by atoms with Crippen molar-refractivity contribution in [3.8, 4) is 0 Å². The Morgan fingerprint density at radius 1 is 0.833 bits per heavy atom. The van der Waals surface area contributed by atoms with Gasteiger partial charge in [0.05, 0.1) is 13.1 Å². The quantitative estimate of drug-likeness (QED) is 0.302. The summed E-state index contributed by atoms with van der Waals surface area (Å²) < 4.78 is 10.8. The smallest absolute Gasteiger partial charge is 0.332 e. The third kappa shape index (κ3) is 6.13. The van der Waals surface area contributed by atoms with Crippen LogP contribution in [0.25, 0.3) is 0 Å². The number of benzene rings is 2. The highest BCUT2D eigenvalue weighted by molar-refractivity contribution is 6.32. The van der Waals surface area contributed by atoms with Crippen molar-refractivity contribution in [2.45, 2.75) is 38.1 Å². The number of hydrogen-bond donors (Lipinski definition) is 2. The fraction of sp³-hybridized carbons (Fsp3) is 0.385. The molecule has 0 amide bonds. The summed E-state index contributed by atoms with van der Waals surface area (Å²) in [6.07, 6.45) is 3.56. The van der Waals surface area contributed by atoms with Crippen LogP contribution in [0.15, 0.2) is 48.6 Å². The van der Waals surface area contributed by atoms with E-state index >= 15 is 0 Å². The predicted molar refractivity (Wildman–Crippen MR) is 141 cm³/mol. The minimum Gasteiger partial charge on any atom is -0.439 e. The molecule has 4 rings (SSSR count). The van der Waals surface area contributed by atoms with Gasteiger partial charge >= 0.3 is 11.9 Å². The number of halogens is 2. The second-order valence-corrected chi connectivity index (χ2v) is 10.4. The SMILES string of the molecule is CC(N)(CN1CCc2c(Cl)cccc21)OC(=O)/C=C/C(=O)OC(C)(N)CN1CCc2c(Cl)cccc21. The molecule has 8 nitrogen and oxygen atoms in total. The van der Waals surface area contributed by atoms with Crippen molar-refractivity contribution >= 4 is 46.5 Å². The summed E-state index contributed by atoms with van der Waals surface area (Å²) in [6.45, 7) is 5.19. The Kier molecular flexibility index (Phi) is 7.52. The van der Waals surface area contributed by atoms with E-state index in [0.29, 0.717) is 23.1 Å². The van der Waals surface area contributed by atoms with Crippen molar-refractivity contribution in [1.29, 1.82) is 0 Å². The van der Waals surface area contributed by atoms with E-state index in [2.05, 4.69) is 0 Å². The summed E-state index contributed by atoms with van der Waals surface area (Å²) >= 11 is 12.5. The topological polar surface area (TPSA) is 111 Å². The minimum atomic E-state index is -1.29. The van der Waals surface area contributed by atoms with E-state index < -0.39 is 23.4 Å². The van der Waals surface area contributed by atoms with Crippen molar-refractivity contribution in [1.82, 2.24) is 0 Å². The molecule has 0 saturated carbocycles. The highest BCUT2D eigenvalue weighted by Gasteiger charge is 2.32. The van der Waals surface area contributed by atoms with Gasteiger partial charge in [0.1, 0.15) is 0 Å². The van der Waals surface area contributed by atoms with E-state index in [1.165, 1.54) is 0 Å². The van der Waals surface area contributed by atoms with E-state index in [1.807, 2.05) is 46.2 Å². The van der Waals surface area contributed by atoms with E-state index in [-0.39, 0.29) is 13.1 Å². The zero-order chi connectivity index (χ0) is 26.1. The lowest BCUT2D eigenvalue weighted by Gasteiger charge is -2.31. The number of nitrogens with zero attached hydrogens (tertiary/aromatic N) is 2. The van der Waals surface area contributed by atoms with Gasteiger partial charge in [0.25, 0.3) is 0 Å². The van der Waals surface area contributed by atoms with Crippen molar-refractivity contribution in [3.63, 3.8) is 0 Å². The number of anilines is 2. The fourth-order valence-corrected chi connectivity index (χ4v) is 5.26. The largest absolute Gasteiger partial charge is 0.439 e. The van der Waals surface area contributed by atoms with Crippen LogP contribution < -0.4 is 21.3 Å². The standard InChI is InChI=1S/C26H30Cl2N4O4/c1-25(29,15-31-13-11-17-19(27)5-3-7-21(17)31)35-23(33)9-10-24(34)36-26(2,30)16-32-14-12-18-20(28)6-4-8-22(18)32/h3-10H,11-16,29-30H2,1-2H3/b10-9+. The Balaban J connectivity index is 1.29. The van der Waals surface area contributed by atoms with Gasteiger partial charge in [-0.3, -0.25) is 11.5 Å². The van der Waals surface area contributed by atoms with Crippen LogP contribution in [0.1, 0.15) is 25.0 Å². The third-order valence-electron chi connectivity index (χ3n) is 6.17. The van der Waals surface area contributed by atoms with Crippen molar-refractivity contribution in [3.05, 3.63) is 69.7 Å². The molecule has 2 aliphatic rings. The van der Waals surface area contributed by atoms with Gasteiger partial charge in [-0.25, -0.2) is 9.59 Å². The third-order valence-corrected chi connectivity index (χ3v) is 6.87. The summed E-state index contributed by atoms with van der Waals surface area (Å²) in [5, 5.41) is 1.41. The van der Waals surface area contributed by atoms with Gasteiger partial charge in [0, 0.05) is 46.7 Å². The van der Waals surface area contributed by atoms with Crippen molar-refractivity contribution < 1.29 is 19.1 Å². The number of nitrogens with two attached hydrogens (primary N) is 2. The normalized spacial score (nSPS) is 17.9. The highest BCUT2D eigenvalue weighted by atomic mass is 35.5. The molecular weight excluding hydrogens is 503 g/mol. The monoisotopic (exact) mass is 532 g/mol. The highest BCUT2D eigenvalue weighted by Crippen LogP contribution is 2.35. The van der Waals surface area contributed by atoms with E-state index in [0.717, 1.165) is 47.5 Å². The van der Waals surface area contributed by atoms with Crippen LogP contribution in [0, 0.1) is 0 Å². The maximum absolute atomic E-state index is 12.4.